The number of benzene rings is 2. The first-order valence-electron chi connectivity index (χ1n) is 10.7. The van der Waals surface area contributed by atoms with Gasteiger partial charge in [0.15, 0.2) is 6.54 Å². The van der Waals surface area contributed by atoms with Crippen molar-refractivity contribution in [3.8, 4) is 0 Å². The van der Waals surface area contributed by atoms with Crippen molar-refractivity contribution in [2.24, 2.45) is 10.1 Å². The Morgan fingerprint density at radius 2 is 1.50 bits per heavy atom. The Bertz CT molecular complexity index is 1070. The molecule has 0 spiro atoms. The molecule has 2 aromatic carbocycles. The highest BCUT2D eigenvalue weighted by atomic mass is 16.6. The van der Waals surface area contributed by atoms with Crippen LogP contribution in [-0.2, 0) is 0 Å². The summed E-state index contributed by atoms with van der Waals surface area (Å²) in [7, 11) is 7.99. The number of carbonyl (C=O) groups is 2. The van der Waals surface area contributed by atoms with Crippen molar-refractivity contribution in [3.63, 3.8) is 0 Å². The summed E-state index contributed by atoms with van der Waals surface area (Å²) in [6.45, 7) is 2.24. The predicted octanol–water partition coefficient (Wildman–Crippen LogP) is 3.03. The maximum absolute atomic E-state index is 13.1. The molecular weight excluding hydrogens is 434 g/mol. The predicted molar refractivity (Wildman–Crippen MR) is 133 cm³/mol. The van der Waals surface area contributed by atoms with Crippen LogP contribution in [0.1, 0.15) is 29.3 Å². The van der Waals surface area contributed by atoms with Crippen LogP contribution in [0.3, 0.4) is 0 Å². The van der Waals surface area contributed by atoms with Gasteiger partial charge in [-0.2, -0.15) is 0 Å². The monoisotopic (exact) mass is 465 g/mol. The van der Waals surface area contributed by atoms with Gasteiger partial charge in [0.05, 0.1) is 12.4 Å². The lowest BCUT2D eigenvalue weighted by atomic mass is 10.1. The number of carboxylic acid groups (broad SMARTS) is 2. The van der Waals surface area contributed by atoms with Crippen LogP contribution in [0.2, 0.25) is 0 Å². The number of quaternary nitrogens is 1. The van der Waals surface area contributed by atoms with Crippen molar-refractivity contribution in [1.29, 1.82) is 0 Å². The zero-order chi connectivity index (χ0) is 25.3. The number of rotatable bonds is 8. The van der Waals surface area contributed by atoms with Gasteiger partial charge < -0.3 is 24.8 Å². The van der Waals surface area contributed by atoms with Gasteiger partial charge in [-0.15, -0.1) is 4.59 Å². The van der Waals surface area contributed by atoms with Crippen LogP contribution in [0.5, 0.6) is 0 Å². The molecule has 34 heavy (non-hydrogen) atoms. The van der Waals surface area contributed by atoms with E-state index in [0.717, 1.165) is 29.2 Å². The number of Topliss-reactive ketones (excluding diaryl/α,β-unsaturated/α-hetero) is 1. The van der Waals surface area contributed by atoms with E-state index in [1.165, 1.54) is 0 Å². The second-order valence-corrected chi connectivity index (χ2v) is 8.04. The quantitative estimate of drug-likeness (QED) is 0.365. The van der Waals surface area contributed by atoms with Crippen LogP contribution in [0.25, 0.3) is 0 Å². The molecule has 2 aromatic rings. The van der Waals surface area contributed by atoms with Crippen LogP contribution in [0.15, 0.2) is 71.0 Å². The summed E-state index contributed by atoms with van der Waals surface area (Å²) < 4.78 is 0.0835. The molecule has 0 saturated carbocycles. The highest BCUT2D eigenvalue weighted by Crippen LogP contribution is 2.23. The van der Waals surface area contributed by atoms with E-state index in [-0.39, 0.29) is 16.9 Å². The highest BCUT2D eigenvalue weighted by Gasteiger charge is 2.37. The smallest absolute Gasteiger partial charge is 0.249 e. The van der Waals surface area contributed by atoms with E-state index in [0.29, 0.717) is 5.56 Å². The SMILES string of the molecule is CCC1=NC=C[N+]1(CC(=O)c1ccc(N(C)C)cc1)N=Cc1ccc(N(C)C)cc1.O=C([O-])O. The van der Waals surface area contributed by atoms with E-state index in [1.807, 2.05) is 88.8 Å². The number of ketones is 1. The molecule has 0 radical (unpaired) electrons. The van der Waals surface area contributed by atoms with Crippen molar-refractivity contribution >= 4 is 35.4 Å². The summed E-state index contributed by atoms with van der Waals surface area (Å²) in [5.41, 5.74) is 3.85. The fraction of sp³-hybridized carbons (Fsp3) is 0.280. The summed E-state index contributed by atoms with van der Waals surface area (Å²) in [5.74, 6) is 0.891. The molecule has 0 bridgehead atoms. The van der Waals surface area contributed by atoms with Gasteiger partial charge in [-0.3, -0.25) is 4.79 Å². The highest BCUT2D eigenvalue weighted by molar-refractivity contribution is 5.98. The Hall–Kier alpha value is -3.98. The molecule has 1 heterocycles. The van der Waals surface area contributed by atoms with E-state index in [9.17, 15) is 4.79 Å². The third kappa shape index (κ3) is 7.01. The average molecular weight is 466 g/mol. The lowest BCUT2D eigenvalue weighted by Crippen LogP contribution is -2.45. The van der Waals surface area contributed by atoms with E-state index in [4.69, 9.17) is 20.1 Å². The molecule has 180 valence electrons. The van der Waals surface area contributed by atoms with Gasteiger partial charge in [-0.25, -0.2) is 4.99 Å². The molecule has 0 amide bonds. The molecule has 1 unspecified atom stereocenters. The maximum Gasteiger partial charge on any atom is 0.249 e. The molecule has 0 saturated heterocycles. The van der Waals surface area contributed by atoms with E-state index >= 15 is 0 Å². The first kappa shape index (κ1) is 26.3. The van der Waals surface area contributed by atoms with Crippen LogP contribution >= 0.6 is 0 Å². The van der Waals surface area contributed by atoms with Crippen molar-refractivity contribution in [1.82, 2.24) is 0 Å². The number of nitrogens with zero attached hydrogens (tertiary/aromatic N) is 5. The van der Waals surface area contributed by atoms with E-state index < -0.39 is 6.16 Å². The van der Waals surface area contributed by atoms with Gasteiger partial charge in [0.1, 0.15) is 6.20 Å². The topological polar surface area (TPSA) is 109 Å². The van der Waals surface area contributed by atoms with Gasteiger partial charge in [0.25, 0.3) is 0 Å². The number of anilines is 2. The van der Waals surface area contributed by atoms with Gasteiger partial charge in [-0.1, -0.05) is 24.2 Å². The lowest BCUT2D eigenvalue weighted by molar-refractivity contribution is -0.784. The summed E-state index contributed by atoms with van der Waals surface area (Å²) >= 11 is 0. The minimum atomic E-state index is -2.08. The maximum atomic E-state index is 13.1. The third-order valence-electron chi connectivity index (χ3n) is 5.21. The molecule has 0 aliphatic carbocycles. The molecule has 1 aliphatic rings. The van der Waals surface area contributed by atoms with Gasteiger partial charge in [0.2, 0.25) is 17.8 Å². The second-order valence-electron chi connectivity index (χ2n) is 8.04. The van der Waals surface area contributed by atoms with Gasteiger partial charge in [0, 0.05) is 51.5 Å². The Labute approximate surface area is 200 Å². The zero-order valence-corrected chi connectivity index (χ0v) is 20.2. The lowest BCUT2D eigenvalue weighted by Gasteiger charge is -2.24. The molecule has 1 N–H and O–H groups in total. The van der Waals surface area contributed by atoms with Gasteiger partial charge in [-0.05, 0) is 42.0 Å². The summed E-state index contributed by atoms with van der Waals surface area (Å²) in [6.07, 6.45) is 4.09. The minimum absolute atomic E-state index is 0.0353. The Morgan fingerprint density at radius 1 is 1.00 bits per heavy atom. The van der Waals surface area contributed by atoms with Crippen LogP contribution < -0.4 is 14.9 Å². The Kier molecular flexibility index (Phi) is 9.09. The molecule has 0 aromatic heterocycles. The molecular formula is C25H31N5O4. The van der Waals surface area contributed by atoms with Gasteiger partial charge >= 0.3 is 0 Å². The standard InChI is InChI=1S/C24H30N5O.CH2O3/c1-6-24-25-15-16-29(24,26-17-19-7-11-21(12-8-19)27(2)3)18-23(30)20-9-13-22(14-10-20)28(4)5;2-1(3)4/h7-17H,6,18H2,1-5H3;(H2,2,3,4)/q+1;/p-1. The third-order valence-corrected chi connectivity index (χ3v) is 5.21. The zero-order valence-electron chi connectivity index (χ0n) is 20.2. The number of hydrogen-bond donors (Lipinski definition) is 1. The Morgan fingerprint density at radius 3 is 1.97 bits per heavy atom. The molecule has 9 nitrogen and oxygen atoms in total. The molecule has 0 fully saturated rings. The summed E-state index contributed by atoms with van der Waals surface area (Å²) in [5, 5.41) is 20.1. The van der Waals surface area contributed by atoms with E-state index in [1.54, 1.807) is 6.20 Å². The van der Waals surface area contributed by atoms with Crippen LogP contribution in [0.4, 0.5) is 16.2 Å². The number of aliphatic imine (C=N–C) groups is 1. The fourth-order valence-corrected chi connectivity index (χ4v) is 3.35. The van der Waals surface area contributed by atoms with Crippen LogP contribution in [0, 0.1) is 0 Å². The Balaban J connectivity index is 0.000000945. The minimum Gasteiger partial charge on any atom is -0.565 e. The largest absolute Gasteiger partial charge is 0.565 e. The van der Waals surface area contributed by atoms with Crippen LogP contribution in [-0.4, -0.2) is 68.4 Å². The van der Waals surface area contributed by atoms with E-state index in [2.05, 4.69) is 22.0 Å². The molecule has 1 atom stereocenters. The van der Waals surface area contributed by atoms with Crippen molar-refractivity contribution < 1.29 is 24.4 Å². The normalized spacial score (nSPS) is 16.6. The van der Waals surface area contributed by atoms with Crippen molar-refractivity contribution in [3.05, 3.63) is 72.1 Å². The fourth-order valence-electron chi connectivity index (χ4n) is 3.35. The first-order valence-corrected chi connectivity index (χ1v) is 10.7. The summed E-state index contributed by atoms with van der Waals surface area (Å²) in [4.78, 5) is 30.1. The number of hydrogen-bond acceptors (Lipinski definition) is 7. The van der Waals surface area contributed by atoms with Crippen molar-refractivity contribution in [2.45, 2.75) is 13.3 Å². The molecule has 1 aliphatic heterocycles. The second kappa shape index (κ2) is 11.8. The number of amidine groups is 1. The van der Waals surface area contributed by atoms with Crippen molar-refractivity contribution in [2.75, 3.05) is 44.5 Å². The number of carbonyl (C=O) groups excluding carboxylic acids is 1. The first-order chi connectivity index (χ1) is 16.1. The molecule has 3 rings (SSSR count). The molecule has 9 heteroatoms. The average Bonchev–Trinajstić information content (AvgIpc) is 3.20. The summed E-state index contributed by atoms with van der Waals surface area (Å²) in [6, 6.07) is 15.8.